The number of anilines is 4. The Morgan fingerprint density at radius 3 is 2.06 bits per heavy atom. The molecule has 3 aromatic heterocycles. The second kappa shape index (κ2) is 16.8. The lowest BCUT2D eigenvalue weighted by atomic mass is 9.88. The number of rotatable bonds is 16. The van der Waals surface area contributed by atoms with Crippen LogP contribution in [0, 0.1) is 28.1 Å². The van der Waals surface area contributed by atoms with Gasteiger partial charge >= 0.3 is 6.01 Å². The molecule has 0 bridgehead atoms. The van der Waals surface area contributed by atoms with Crippen LogP contribution >= 0.6 is 23.1 Å². The fourth-order valence-corrected chi connectivity index (χ4v) is 11.4. The first-order valence-corrected chi connectivity index (χ1v) is 21.9. The number of hydrogen-bond donors (Lipinski definition) is 1. The van der Waals surface area contributed by atoms with Crippen LogP contribution < -0.4 is 34.6 Å². The van der Waals surface area contributed by atoms with Gasteiger partial charge in [0.05, 0.1) is 36.0 Å². The first kappa shape index (κ1) is 42.8. The van der Waals surface area contributed by atoms with Crippen LogP contribution in [0.4, 0.5) is 31.2 Å². The molecule has 1 saturated heterocycles. The molecule has 1 spiro atoms. The van der Waals surface area contributed by atoms with Crippen molar-refractivity contribution in [3.63, 3.8) is 0 Å². The van der Waals surface area contributed by atoms with E-state index < -0.39 is 22.1 Å². The van der Waals surface area contributed by atoms with Crippen molar-refractivity contribution in [3.8, 4) is 29.6 Å². The van der Waals surface area contributed by atoms with E-state index in [0.29, 0.717) is 42.6 Å². The molecule has 2 N–H and O–H groups in total. The van der Waals surface area contributed by atoms with Crippen LogP contribution in [-0.4, -0.2) is 87.4 Å². The number of fused-ring (bicyclic) bond motifs is 2. The van der Waals surface area contributed by atoms with Gasteiger partial charge in [-0.05, 0) is 62.5 Å². The molecule has 1 unspecified atom stereocenters. The maximum absolute atomic E-state index is 14.9. The molecule has 2 atom stereocenters. The number of nitrogen functional groups attached to an aromatic ring is 1. The normalized spacial score (nSPS) is 18.3. The van der Waals surface area contributed by atoms with E-state index in [0.717, 1.165) is 50.2 Å². The molecule has 1 aliphatic carbocycles. The molecule has 17 heteroatoms. The van der Waals surface area contributed by atoms with Gasteiger partial charge < -0.3 is 39.5 Å². The minimum atomic E-state index is -2.90. The molecule has 3 aliphatic rings. The topological polar surface area (TPSA) is 153 Å². The molecule has 2 aromatic carbocycles. The predicted octanol–water partition coefficient (Wildman–Crippen LogP) is 7.61. The van der Waals surface area contributed by atoms with Crippen LogP contribution in [0.25, 0.3) is 0 Å². The van der Waals surface area contributed by atoms with Crippen molar-refractivity contribution < 1.29 is 23.0 Å². The number of nitrogens with two attached hydrogens (primary N) is 1. The third-order valence-corrected chi connectivity index (χ3v) is 14.7. The van der Waals surface area contributed by atoms with Crippen LogP contribution in [0.3, 0.4) is 0 Å². The molecular weight excluding hydrogens is 831 g/mol. The van der Waals surface area contributed by atoms with Gasteiger partial charge in [-0.2, -0.15) is 20.5 Å². The van der Waals surface area contributed by atoms with E-state index in [1.807, 2.05) is 84.4 Å². The molecule has 2 fully saturated rings. The Balaban J connectivity index is 1.16. The van der Waals surface area contributed by atoms with Gasteiger partial charge in [-0.25, -0.2) is 13.8 Å². The number of nitriles is 2. The van der Waals surface area contributed by atoms with Gasteiger partial charge in [0.15, 0.2) is 11.6 Å². The Bertz CT molecular complexity index is 2490. The summed E-state index contributed by atoms with van der Waals surface area (Å²) in [5, 5.41) is 21.4. The molecule has 5 aromatic rings. The van der Waals surface area contributed by atoms with E-state index in [1.54, 1.807) is 51.2 Å². The summed E-state index contributed by atoms with van der Waals surface area (Å²) in [6, 6.07) is 23.9. The van der Waals surface area contributed by atoms with Gasteiger partial charge in [0.2, 0.25) is 0 Å². The predicted molar refractivity (Wildman–Crippen MR) is 238 cm³/mol. The zero-order valence-corrected chi connectivity index (χ0v) is 37.1. The first-order valence-electron chi connectivity index (χ1n) is 20.1. The minimum Gasteiger partial charge on any atom is -0.497 e. The molecule has 13 nitrogen and oxygen atoms in total. The molecule has 0 amide bonds. The number of hydrogen-bond acceptors (Lipinski definition) is 15. The van der Waals surface area contributed by atoms with E-state index in [2.05, 4.69) is 17.0 Å². The largest absolute Gasteiger partial charge is 0.497 e. The van der Waals surface area contributed by atoms with Crippen molar-refractivity contribution >= 4 is 45.6 Å². The number of ether oxygens (including phenoxy) is 3. The molecule has 2 aliphatic heterocycles. The number of thiophene rings is 1. The monoisotopic (exact) mass is 878 g/mol. The number of alkyl halides is 2. The Hall–Kier alpha value is -5.88. The van der Waals surface area contributed by atoms with E-state index in [9.17, 15) is 19.3 Å². The van der Waals surface area contributed by atoms with Gasteiger partial charge in [0, 0.05) is 74.1 Å². The zero-order chi connectivity index (χ0) is 44.0. The van der Waals surface area contributed by atoms with Crippen molar-refractivity contribution in [1.29, 1.82) is 10.5 Å². The van der Waals surface area contributed by atoms with Gasteiger partial charge in [0.25, 0.3) is 5.92 Å². The minimum absolute atomic E-state index is 0.0980. The summed E-state index contributed by atoms with van der Waals surface area (Å²) < 4.78 is 46.5. The number of aromatic nitrogens is 3. The SMILES string of the molecule is COc1ccc(CN(Cc2ccc(OC)cc2)c2ncccc2[C@@H](C)N(C)c2nc(OCC3(CN(C)C)CC3(F)F)nc(N3CC4(C3)SCc3sc(N)c(C#N)c34)c2C#N)cc1. The number of methoxy groups -OCH3 is 2. The highest BCUT2D eigenvalue weighted by atomic mass is 32.2. The van der Waals surface area contributed by atoms with Gasteiger partial charge in [-0.3, -0.25) is 0 Å². The highest BCUT2D eigenvalue weighted by Crippen LogP contribution is 2.61. The van der Waals surface area contributed by atoms with Crippen molar-refractivity contribution in [2.75, 3.05) is 82.0 Å². The maximum Gasteiger partial charge on any atom is 0.320 e. The van der Waals surface area contributed by atoms with Gasteiger partial charge in [-0.1, -0.05) is 30.3 Å². The summed E-state index contributed by atoms with van der Waals surface area (Å²) in [7, 11) is 8.64. The van der Waals surface area contributed by atoms with E-state index >= 15 is 0 Å². The van der Waals surface area contributed by atoms with Crippen molar-refractivity contribution in [1.82, 2.24) is 19.9 Å². The lowest BCUT2D eigenvalue weighted by Crippen LogP contribution is -2.57. The highest BCUT2D eigenvalue weighted by molar-refractivity contribution is 8.00. The average molecular weight is 879 g/mol. The van der Waals surface area contributed by atoms with E-state index in [1.165, 1.54) is 11.3 Å². The molecule has 8 rings (SSSR count). The summed E-state index contributed by atoms with van der Waals surface area (Å²) in [6.45, 7) is 3.80. The van der Waals surface area contributed by atoms with Crippen molar-refractivity contribution in [2.45, 2.75) is 48.9 Å². The lowest BCUT2D eigenvalue weighted by molar-refractivity contribution is 0.0288. The Morgan fingerprint density at radius 2 is 1.52 bits per heavy atom. The number of halogens is 2. The number of pyridine rings is 1. The number of benzene rings is 2. The number of nitrogens with zero attached hydrogens (tertiary/aromatic N) is 9. The molecule has 322 valence electrons. The fraction of sp³-hybridized carbons (Fsp3) is 0.400. The van der Waals surface area contributed by atoms with Crippen molar-refractivity contribution in [2.24, 2.45) is 5.41 Å². The Labute approximate surface area is 368 Å². The smallest absolute Gasteiger partial charge is 0.320 e. The van der Waals surface area contributed by atoms with Crippen LogP contribution in [0.2, 0.25) is 0 Å². The molecule has 62 heavy (non-hydrogen) atoms. The van der Waals surface area contributed by atoms with Crippen LogP contribution in [0.1, 0.15) is 57.6 Å². The van der Waals surface area contributed by atoms with Gasteiger partial charge in [-0.15, -0.1) is 23.1 Å². The Morgan fingerprint density at radius 1 is 0.903 bits per heavy atom. The molecule has 5 heterocycles. The summed E-state index contributed by atoms with van der Waals surface area (Å²) in [6.07, 6.45) is 1.45. The first-order chi connectivity index (χ1) is 29.7. The van der Waals surface area contributed by atoms with Gasteiger partial charge in [0.1, 0.15) is 46.6 Å². The summed E-state index contributed by atoms with van der Waals surface area (Å²) in [5.74, 6) is 0.699. The standard InChI is InChI=1S/C45H48F2N10O3S2/c1-28(33-8-7-17-51-39(33)56(20-29-9-13-31(58-5)14-10-29)21-30-11-15-32(59-6)16-12-30)55(4)40-35(19-49)41(53-42(52-40)60-27-43(24-54(2)3)23-45(43,46)47)57-25-44(26-57)37-34(18-48)38(50)62-36(37)22-61-44/h7-17,28H,20-27,50H2,1-6H3/t28-,43?/m1/s1. The lowest BCUT2D eigenvalue weighted by Gasteiger charge is -2.48. The summed E-state index contributed by atoms with van der Waals surface area (Å²) in [5.41, 5.74) is 9.52. The van der Waals surface area contributed by atoms with Crippen LogP contribution in [0.15, 0.2) is 66.9 Å². The molecule has 0 radical (unpaired) electrons. The third-order valence-electron chi connectivity index (χ3n) is 12.1. The fourth-order valence-electron chi connectivity index (χ4n) is 8.57. The van der Waals surface area contributed by atoms with E-state index in [-0.39, 0.29) is 37.0 Å². The van der Waals surface area contributed by atoms with Crippen LogP contribution in [0.5, 0.6) is 17.5 Å². The summed E-state index contributed by atoms with van der Waals surface area (Å²) in [4.78, 5) is 23.4. The second-order valence-corrected chi connectivity index (χ2v) is 19.0. The van der Waals surface area contributed by atoms with Crippen molar-refractivity contribution in [3.05, 3.63) is 105 Å². The highest BCUT2D eigenvalue weighted by Gasteiger charge is 2.71. The van der Waals surface area contributed by atoms with E-state index in [4.69, 9.17) is 34.9 Å². The maximum atomic E-state index is 14.9. The number of thioether (sulfide) groups is 1. The molecular formula is C45H48F2N10O3S2. The third kappa shape index (κ3) is 7.89. The quantitative estimate of drug-likeness (QED) is 0.103. The average Bonchev–Trinajstić information content (AvgIpc) is 3.46. The second-order valence-electron chi connectivity index (χ2n) is 16.5. The summed E-state index contributed by atoms with van der Waals surface area (Å²) >= 11 is 3.20. The molecule has 1 saturated carbocycles. The van der Waals surface area contributed by atoms with Crippen LogP contribution in [-0.2, 0) is 23.6 Å². The Kier molecular flexibility index (Phi) is 11.6. The zero-order valence-electron chi connectivity index (χ0n) is 35.5.